The van der Waals surface area contributed by atoms with E-state index >= 15 is 0 Å². The van der Waals surface area contributed by atoms with Crippen LogP contribution >= 0.6 is 0 Å². The number of nitrogens with zero attached hydrogens (tertiary/aromatic N) is 2. The van der Waals surface area contributed by atoms with Crippen molar-refractivity contribution < 1.29 is 17.6 Å². The van der Waals surface area contributed by atoms with E-state index in [4.69, 9.17) is 0 Å². The van der Waals surface area contributed by atoms with Crippen LogP contribution in [-0.2, 0) is 10.0 Å². The lowest BCUT2D eigenvalue weighted by molar-refractivity contribution is 0.0791. The Morgan fingerprint density at radius 1 is 1.19 bits per heavy atom. The summed E-state index contributed by atoms with van der Waals surface area (Å²) in [6, 6.07) is 13.8. The zero-order chi connectivity index (χ0) is 22.7. The van der Waals surface area contributed by atoms with Gasteiger partial charge in [-0.1, -0.05) is 18.2 Å². The molecule has 0 aliphatic carbocycles. The van der Waals surface area contributed by atoms with Crippen LogP contribution < -0.4 is 15.2 Å². The molecule has 2 atom stereocenters. The van der Waals surface area contributed by atoms with Crippen LogP contribution in [0.1, 0.15) is 47.6 Å². The Balaban J connectivity index is 1.28. The summed E-state index contributed by atoms with van der Waals surface area (Å²) in [5.74, 6) is -0.215. The topological polar surface area (TPSA) is 81.8 Å². The second-order valence-corrected chi connectivity index (χ2v) is 10.5. The lowest BCUT2D eigenvalue weighted by Gasteiger charge is -2.20. The third-order valence-electron chi connectivity index (χ3n) is 6.11. The van der Waals surface area contributed by atoms with Crippen molar-refractivity contribution in [2.45, 2.75) is 37.8 Å². The van der Waals surface area contributed by atoms with Gasteiger partial charge in [-0.15, -0.1) is 0 Å². The third kappa shape index (κ3) is 5.11. The van der Waals surface area contributed by atoms with Crippen molar-refractivity contribution in [2.75, 3.05) is 30.2 Å². The normalized spacial score (nSPS) is 22.2. The molecule has 1 amide bonds. The molecule has 32 heavy (non-hydrogen) atoms. The van der Waals surface area contributed by atoms with Crippen molar-refractivity contribution in [3.05, 3.63) is 65.5 Å². The summed E-state index contributed by atoms with van der Waals surface area (Å²) < 4.78 is 39.2. The van der Waals surface area contributed by atoms with E-state index in [1.165, 1.54) is 10.4 Å². The van der Waals surface area contributed by atoms with E-state index in [0.29, 0.717) is 30.8 Å². The van der Waals surface area contributed by atoms with Crippen LogP contribution in [0.4, 0.5) is 10.1 Å². The largest absolute Gasteiger partial charge is 0.342 e. The molecule has 0 aromatic heterocycles. The van der Waals surface area contributed by atoms with E-state index in [1.807, 2.05) is 6.07 Å². The Kier molecular flexibility index (Phi) is 6.78. The minimum atomic E-state index is -3.28. The van der Waals surface area contributed by atoms with Gasteiger partial charge in [-0.2, -0.15) is 0 Å². The minimum Gasteiger partial charge on any atom is -0.342 e. The van der Waals surface area contributed by atoms with E-state index in [0.717, 1.165) is 24.8 Å². The van der Waals surface area contributed by atoms with Crippen LogP contribution in [-0.4, -0.2) is 51.2 Å². The maximum absolute atomic E-state index is 13.5. The molecule has 2 aromatic rings. The SMILES string of the molecule is CN(CCCC1CC(c2cccc(F)c2)NN1)C(=O)c1cccc(N2CCCS2(=O)=O)c1. The fraction of sp³-hybridized carbons (Fsp3) is 0.435. The molecule has 9 heteroatoms. The highest BCUT2D eigenvalue weighted by Crippen LogP contribution is 2.26. The van der Waals surface area contributed by atoms with Crippen molar-refractivity contribution in [1.29, 1.82) is 0 Å². The highest BCUT2D eigenvalue weighted by atomic mass is 32.2. The van der Waals surface area contributed by atoms with Crippen LogP contribution in [0.5, 0.6) is 0 Å². The van der Waals surface area contributed by atoms with Crippen molar-refractivity contribution in [2.24, 2.45) is 0 Å². The third-order valence-corrected chi connectivity index (χ3v) is 7.98. The number of hydrazine groups is 1. The molecule has 0 saturated carbocycles. The van der Waals surface area contributed by atoms with Crippen LogP contribution in [0.15, 0.2) is 48.5 Å². The Morgan fingerprint density at radius 2 is 2.00 bits per heavy atom. The average Bonchev–Trinajstić information content (AvgIpc) is 3.39. The molecular weight excluding hydrogens is 431 g/mol. The first-order valence-electron chi connectivity index (χ1n) is 11.0. The molecule has 2 aliphatic rings. The number of rotatable bonds is 7. The fourth-order valence-corrected chi connectivity index (χ4v) is 5.93. The predicted molar refractivity (Wildman–Crippen MR) is 122 cm³/mol. The van der Waals surface area contributed by atoms with E-state index < -0.39 is 10.0 Å². The molecule has 2 aliphatic heterocycles. The molecule has 2 unspecified atom stereocenters. The molecule has 0 bridgehead atoms. The first-order chi connectivity index (χ1) is 15.3. The molecule has 2 heterocycles. The van der Waals surface area contributed by atoms with Crippen molar-refractivity contribution in [3.63, 3.8) is 0 Å². The molecule has 2 N–H and O–H groups in total. The van der Waals surface area contributed by atoms with Crippen LogP contribution in [0.25, 0.3) is 0 Å². The Bertz CT molecular complexity index is 1080. The molecule has 7 nitrogen and oxygen atoms in total. The number of hydrogen-bond acceptors (Lipinski definition) is 5. The lowest BCUT2D eigenvalue weighted by atomic mass is 9.99. The summed E-state index contributed by atoms with van der Waals surface area (Å²) in [5, 5.41) is 0. The maximum Gasteiger partial charge on any atom is 0.253 e. The van der Waals surface area contributed by atoms with Crippen LogP contribution in [0.2, 0.25) is 0 Å². The van der Waals surface area contributed by atoms with Crippen LogP contribution in [0.3, 0.4) is 0 Å². The van der Waals surface area contributed by atoms with Gasteiger partial charge in [-0.25, -0.2) is 12.8 Å². The van der Waals surface area contributed by atoms with Crippen molar-refractivity contribution in [3.8, 4) is 0 Å². The molecule has 2 saturated heterocycles. The molecule has 4 rings (SSSR count). The zero-order valence-electron chi connectivity index (χ0n) is 18.1. The predicted octanol–water partition coefficient (Wildman–Crippen LogP) is 2.83. The van der Waals surface area contributed by atoms with E-state index in [-0.39, 0.29) is 29.6 Å². The van der Waals surface area contributed by atoms with E-state index in [9.17, 15) is 17.6 Å². The van der Waals surface area contributed by atoms with Crippen molar-refractivity contribution in [1.82, 2.24) is 15.8 Å². The van der Waals surface area contributed by atoms with Gasteiger partial charge in [0.25, 0.3) is 5.91 Å². The number of amides is 1. The number of anilines is 1. The average molecular weight is 461 g/mol. The lowest BCUT2D eigenvalue weighted by Crippen LogP contribution is -2.32. The number of hydrogen-bond donors (Lipinski definition) is 2. The summed E-state index contributed by atoms with van der Waals surface area (Å²) in [6.45, 7) is 1.04. The van der Waals surface area contributed by atoms with Gasteiger partial charge in [-0.05, 0) is 61.6 Å². The number of sulfonamides is 1. The van der Waals surface area contributed by atoms with Gasteiger partial charge in [0.05, 0.1) is 11.4 Å². The van der Waals surface area contributed by atoms with Gasteiger partial charge in [0.1, 0.15) is 5.82 Å². The van der Waals surface area contributed by atoms with E-state index in [1.54, 1.807) is 48.3 Å². The number of carbonyl (C=O) groups is 1. The standard InChI is InChI=1S/C23H29FN4O3S/c1-27(11-4-9-20-16-22(26-25-20)17-6-2-8-19(24)14-17)23(29)18-7-3-10-21(15-18)28-12-5-13-32(28,30)31/h2-3,6-8,10,14-15,20,22,25-26H,4-5,9,11-13,16H2,1H3. The van der Waals surface area contributed by atoms with Gasteiger partial charge >= 0.3 is 0 Å². The Hall–Kier alpha value is -2.49. The van der Waals surface area contributed by atoms with Gasteiger partial charge in [-0.3, -0.25) is 20.0 Å². The van der Waals surface area contributed by atoms with Gasteiger partial charge in [0.15, 0.2) is 0 Å². The summed E-state index contributed by atoms with van der Waals surface area (Å²) >= 11 is 0. The molecule has 0 spiro atoms. The fourth-order valence-electron chi connectivity index (χ4n) is 4.37. The van der Waals surface area contributed by atoms with Gasteiger partial charge in [0, 0.05) is 37.8 Å². The quantitative estimate of drug-likeness (QED) is 0.664. The smallest absolute Gasteiger partial charge is 0.253 e. The highest BCUT2D eigenvalue weighted by molar-refractivity contribution is 7.93. The van der Waals surface area contributed by atoms with Gasteiger partial charge in [0.2, 0.25) is 10.0 Å². The summed E-state index contributed by atoms with van der Waals surface area (Å²) in [7, 11) is -1.52. The summed E-state index contributed by atoms with van der Waals surface area (Å²) in [4.78, 5) is 14.5. The number of nitrogens with one attached hydrogen (secondary N) is 2. The zero-order valence-corrected chi connectivity index (χ0v) is 18.9. The molecule has 2 aromatic carbocycles. The van der Waals surface area contributed by atoms with E-state index in [2.05, 4.69) is 10.9 Å². The highest BCUT2D eigenvalue weighted by Gasteiger charge is 2.29. The minimum absolute atomic E-state index is 0.0691. The number of halogens is 1. The first-order valence-corrected chi connectivity index (χ1v) is 12.6. The Labute approximate surface area is 188 Å². The maximum atomic E-state index is 13.5. The Morgan fingerprint density at radius 3 is 2.75 bits per heavy atom. The first kappa shape index (κ1) is 22.7. The molecule has 0 radical (unpaired) electrons. The van der Waals surface area contributed by atoms with Gasteiger partial charge < -0.3 is 4.90 Å². The van der Waals surface area contributed by atoms with Crippen molar-refractivity contribution >= 4 is 21.6 Å². The second-order valence-electron chi connectivity index (χ2n) is 8.49. The summed E-state index contributed by atoms with van der Waals surface area (Å²) in [5.41, 5.74) is 8.45. The second kappa shape index (κ2) is 9.56. The molecule has 172 valence electrons. The summed E-state index contributed by atoms with van der Waals surface area (Å²) in [6.07, 6.45) is 3.15. The molecule has 2 fully saturated rings. The number of benzene rings is 2. The number of carbonyl (C=O) groups excluding carboxylic acids is 1. The molecular formula is C23H29FN4O3S. The monoisotopic (exact) mass is 460 g/mol. The van der Waals surface area contributed by atoms with Crippen LogP contribution in [0, 0.1) is 5.82 Å².